The molecule has 1 N–H and O–H groups in total. The third-order valence-electron chi connectivity index (χ3n) is 1.79. The normalized spacial score (nSPS) is 10.0. The summed E-state index contributed by atoms with van der Waals surface area (Å²) < 4.78 is 2.25. The van der Waals surface area contributed by atoms with E-state index in [2.05, 4.69) is 36.5 Å². The molecule has 3 heteroatoms. The van der Waals surface area contributed by atoms with Crippen molar-refractivity contribution < 1.29 is 17.0 Å². The molecule has 2 nitrogen and oxygen atoms in total. The molecule has 12 heavy (non-hydrogen) atoms. The highest BCUT2D eigenvalue weighted by atomic mass is 35.5. The van der Waals surface area contributed by atoms with Crippen LogP contribution in [0.5, 0.6) is 0 Å². The number of halogens is 1. The summed E-state index contributed by atoms with van der Waals surface area (Å²) in [6.07, 6.45) is 5.24. The minimum absolute atomic E-state index is 0. The van der Waals surface area contributed by atoms with E-state index >= 15 is 0 Å². The van der Waals surface area contributed by atoms with Crippen LogP contribution in [0.3, 0.4) is 0 Å². The molecular weight excluding hydrogens is 172 g/mol. The number of H-pyrrole nitrogens is 1. The van der Waals surface area contributed by atoms with Crippen LogP contribution in [0.15, 0.2) is 12.4 Å². The molecule has 0 fully saturated rings. The van der Waals surface area contributed by atoms with Crippen LogP contribution in [-0.2, 0) is 13.0 Å². The first kappa shape index (κ1) is 11.5. The van der Waals surface area contributed by atoms with Gasteiger partial charge in [0, 0.05) is 0 Å². The van der Waals surface area contributed by atoms with Gasteiger partial charge in [-0.2, -0.15) is 0 Å². The first-order valence-corrected chi connectivity index (χ1v) is 4.29. The maximum atomic E-state index is 3.25. The number of nitrogens with one attached hydrogen (secondary N) is 1. The Morgan fingerprint density at radius 1 is 1.50 bits per heavy atom. The van der Waals surface area contributed by atoms with Gasteiger partial charge < -0.3 is 12.4 Å². The number of imidazole rings is 1. The van der Waals surface area contributed by atoms with Gasteiger partial charge in [-0.15, -0.1) is 0 Å². The predicted octanol–water partition coefficient (Wildman–Crippen LogP) is -1.48. The van der Waals surface area contributed by atoms with E-state index in [0.717, 1.165) is 18.9 Å². The fraction of sp³-hybridized carbons (Fsp3) is 0.667. The van der Waals surface area contributed by atoms with E-state index in [1.807, 2.05) is 6.20 Å². The number of hydrogen-bond acceptors (Lipinski definition) is 0. The van der Waals surface area contributed by atoms with Gasteiger partial charge in [0.1, 0.15) is 12.4 Å². The van der Waals surface area contributed by atoms with Crippen LogP contribution in [0.25, 0.3) is 0 Å². The molecule has 70 valence electrons. The van der Waals surface area contributed by atoms with Crippen molar-refractivity contribution in [1.82, 2.24) is 4.98 Å². The largest absolute Gasteiger partial charge is 1.00 e. The van der Waals surface area contributed by atoms with Crippen molar-refractivity contribution in [3.8, 4) is 0 Å². The molecule has 0 aliphatic rings. The molecule has 0 radical (unpaired) electrons. The van der Waals surface area contributed by atoms with E-state index in [0.29, 0.717) is 0 Å². The smallest absolute Gasteiger partial charge is 0.254 e. The molecule has 1 heterocycles. The number of aromatic nitrogens is 2. The number of hydrogen-bond donors (Lipinski definition) is 1. The van der Waals surface area contributed by atoms with Crippen molar-refractivity contribution in [1.29, 1.82) is 0 Å². The van der Waals surface area contributed by atoms with Crippen LogP contribution in [-0.4, -0.2) is 4.98 Å². The molecule has 0 aliphatic heterocycles. The quantitative estimate of drug-likeness (QED) is 0.559. The molecule has 0 atom stereocenters. The Hall–Kier alpha value is -0.500. The first-order valence-electron chi connectivity index (χ1n) is 4.29. The van der Waals surface area contributed by atoms with Gasteiger partial charge in [-0.3, -0.25) is 0 Å². The van der Waals surface area contributed by atoms with Crippen molar-refractivity contribution in [2.75, 3.05) is 0 Å². The molecule has 0 bridgehead atoms. The second kappa shape index (κ2) is 5.20. The summed E-state index contributed by atoms with van der Waals surface area (Å²) in [6.45, 7) is 7.70. The molecular formula is C9H17ClN2. The van der Waals surface area contributed by atoms with E-state index in [4.69, 9.17) is 0 Å². The zero-order valence-corrected chi connectivity index (χ0v) is 8.73. The Morgan fingerprint density at radius 2 is 2.17 bits per heavy atom. The average molecular weight is 189 g/mol. The second-order valence-corrected chi connectivity index (χ2v) is 3.29. The lowest BCUT2D eigenvalue weighted by molar-refractivity contribution is -0.699. The van der Waals surface area contributed by atoms with Gasteiger partial charge in [-0.05, 0) is 12.8 Å². The van der Waals surface area contributed by atoms with Gasteiger partial charge >= 0.3 is 0 Å². The number of aromatic amines is 1. The lowest BCUT2D eigenvalue weighted by Gasteiger charge is -1.99. The summed E-state index contributed by atoms with van der Waals surface area (Å²) in [7, 11) is 0. The Labute approximate surface area is 80.4 Å². The molecule has 0 saturated carbocycles. The topological polar surface area (TPSA) is 19.7 Å². The minimum Gasteiger partial charge on any atom is -1.00 e. The van der Waals surface area contributed by atoms with Gasteiger partial charge in [0.15, 0.2) is 0 Å². The van der Waals surface area contributed by atoms with Crippen molar-refractivity contribution in [3.63, 3.8) is 0 Å². The van der Waals surface area contributed by atoms with E-state index in [1.54, 1.807) is 0 Å². The standard InChI is InChI=1S/C9H16N2.ClH/c1-4-11-6-5-10-9(11)7-8(2)3;/h5-6,8H,4,7H2,1-3H3;1H. The van der Waals surface area contributed by atoms with Crippen molar-refractivity contribution >= 4 is 0 Å². The highest BCUT2D eigenvalue weighted by molar-refractivity contribution is 4.78. The van der Waals surface area contributed by atoms with Crippen LogP contribution in [0.4, 0.5) is 0 Å². The van der Waals surface area contributed by atoms with Gasteiger partial charge in [-0.25, -0.2) is 9.55 Å². The Morgan fingerprint density at radius 3 is 2.67 bits per heavy atom. The zero-order chi connectivity index (χ0) is 8.27. The Kier molecular flexibility index (Phi) is 4.98. The number of nitrogens with zero attached hydrogens (tertiary/aromatic N) is 1. The highest BCUT2D eigenvalue weighted by Gasteiger charge is 2.09. The lowest BCUT2D eigenvalue weighted by atomic mass is 10.1. The fourth-order valence-electron chi connectivity index (χ4n) is 1.26. The van der Waals surface area contributed by atoms with E-state index in [9.17, 15) is 0 Å². The monoisotopic (exact) mass is 188 g/mol. The average Bonchev–Trinajstić information content (AvgIpc) is 2.34. The summed E-state index contributed by atoms with van der Waals surface area (Å²) in [6, 6.07) is 0. The van der Waals surface area contributed by atoms with Crippen molar-refractivity contribution in [3.05, 3.63) is 18.2 Å². The molecule has 0 aromatic carbocycles. The summed E-state index contributed by atoms with van der Waals surface area (Å²) in [5.41, 5.74) is 0. The molecule has 0 amide bonds. The molecule has 0 unspecified atom stereocenters. The summed E-state index contributed by atoms with van der Waals surface area (Å²) >= 11 is 0. The molecule has 1 rings (SSSR count). The van der Waals surface area contributed by atoms with Gasteiger partial charge in [0.2, 0.25) is 0 Å². The third kappa shape index (κ3) is 2.86. The molecule has 0 saturated heterocycles. The van der Waals surface area contributed by atoms with E-state index in [-0.39, 0.29) is 12.4 Å². The summed E-state index contributed by atoms with van der Waals surface area (Å²) in [5, 5.41) is 0. The SMILES string of the molecule is CC[n+]1cc[nH]c1CC(C)C.[Cl-]. The highest BCUT2D eigenvalue weighted by Crippen LogP contribution is 1.99. The summed E-state index contributed by atoms with van der Waals surface area (Å²) in [4.78, 5) is 3.25. The Balaban J connectivity index is 0.00000121. The lowest BCUT2D eigenvalue weighted by Crippen LogP contribution is -3.00. The molecule has 0 spiro atoms. The van der Waals surface area contributed by atoms with Crippen molar-refractivity contribution in [2.45, 2.75) is 33.7 Å². The maximum Gasteiger partial charge on any atom is 0.254 e. The van der Waals surface area contributed by atoms with Gasteiger partial charge in [-0.1, -0.05) is 13.8 Å². The first-order chi connectivity index (χ1) is 5.24. The zero-order valence-electron chi connectivity index (χ0n) is 7.97. The fourth-order valence-corrected chi connectivity index (χ4v) is 1.26. The van der Waals surface area contributed by atoms with Gasteiger partial charge in [0.25, 0.3) is 5.82 Å². The van der Waals surface area contributed by atoms with Crippen LogP contribution in [0, 0.1) is 5.92 Å². The third-order valence-corrected chi connectivity index (χ3v) is 1.79. The maximum absolute atomic E-state index is 3.25. The Bertz CT molecular complexity index is 218. The molecule has 1 aromatic rings. The van der Waals surface area contributed by atoms with Crippen LogP contribution < -0.4 is 17.0 Å². The predicted molar refractivity (Wildman–Crippen MR) is 45.2 cm³/mol. The van der Waals surface area contributed by atoms with Crippen molar-refractivity contribution in [2.24, 2.45) is 5.92 Å². The van der Waals surface area contributed by atoms with E-state index in [1.165, 1.54) is 5.82 Å². The minimum atomic E-state index is 0. The molecule has 0 aliphatic carbocycles. The second-order valence-electron chi connectivity index (χ2n) is 3.29. The number of aryl methyl sites for hydroxylation is 1. The summed E-state index contributed by atoms with van der Waals surface area (Å²) in [5.74, 6) is 2.06. The number of rotatable bonds is 3. The van der Waals surface area contributed by atoms with Gasteiger partial charge in [0.05, 0.1) is 13.0 Å². The van der Waals surface area contributed by atoms with Crippen LogP contribution in [0.2, 0.25) is 0 Å². The van der Waals surface area contributed by atoms with Crippen LogP contribution >= 0.6 is 0 Å². The van der Waals surface area contributed by atoms with Crippen LogP contribution in [0.1, 0.15) is 26.6 Å². The van der Waals surface area contributed by atoms with E-state index < -0.39 is 0 Å². The molecule has 1 aromatic heterocycles.